The van der Waals surface area contributed by atoms with Crippen LogP contribution >= 0.6 is 0 Å². The Balaban J connectivity index is 1.51. The molecule has 0 aromatic rings. The van der Waals surface area contributed by atoms with Crippen molar-refractivity contribution in [2.45, 2.75) is 63.6 Å². The van der Waals surface area contributed by atoms with E-state index >= 15 is 0 Å². The number of carbonyl (C=O) groups excluding carboxylic acids is 1. The van der Waals surface area contributed by atoms with Gasteiger partial charge in [-0.1, -0.05) is 20.3 Å². The number of epoxide rings is 1. The Morgan fingerprint density at radius 1 is 1.35 bits per heavy atom. The SMILES string of the molecule is COC(CN(C)C[C@@H]1C(=O)O[C@@H]2C[C@@]3(C)CCC[C@H](C)[C@@]34O[C@H]4[C@H]12)OC. The van der Waals surface area contributed by atoms with E-state index in [1.165, 1.54) is 19.3 Å². The third kappa shape index (κ3) is 2.56. The van der Waals surface area contributed by atoms with Crippen LogP contribution < -0.4 is 0 Å². The summed E-state index contributed by atoms with van der Waals surface area (Å²) >= 11 is 0. The lowest BCUT2D eigenvalue weighted by Gasteiger charge is -2.49. The van der Waals surface area contributed by atoms with Crippen LogP contribution in [0.15, 0.2) is 0 Å². The molecule has 26 heavy (non-hydrogen) atoms. The minimum absolute atomic E-state index is 0.0115. The molecule has 2 aliphatic heterocycles. The van der Waals surface area contributed by atoms with Gasteiger partial charge >= 0.3 is 5.97 Å². The van der Waals surface area contributed by atoms with Crippen LogP contribution in [0.25, 0.3) is 0 Å². The summed E-state index contributed by atoms with van der Waals surface area (Å²) in [6, 6.07) is 0. The van der Waals surface area contributed by atoms with Gasteiger partial charge in [0.15, 0.2) is 6.29 Å². The maximum atomic E-state index is 12.7. The fourth-order valence-corrected chi connectivity index (χ4v) is 6.35. The third-order valence-corrected chi connectivity index (χ3v) is 7.69. The van der Waals surface area contributed by atoms with E-state index in [1.54, 1.807) is 14.2 Å². The molecule has 6 heteroatoms. The predicted octanol–water partition coefficient (Wildman–Crippen LogP) is 2.06. The van der Waals surface area contributed by atoms with Gasteiger partial charge in [0.25, 0.3) is 0 Å². The van der Waals surface area contributed by atoms with Gasteiger partial charge in [0.2, 0.25) is 0 Å². The maximum absolute atomic E-state index is 12.7. The second-order valence-electron chi connectivity index (χ2n) is 9.17. The molecule has 0 aromatic heterocycles. The summed E-state index contributed by atoms with van der Waals surface area (Å²) in [6.45, 7) is 5.97. The molecule has 7 atom stereocenters. The first-order valence-corrected chi connectivity index (χ1v) is 9.98. The number of carbonyl (C=O) groups is 1. The van der Waals surface area contributed by atoms with Crippen LogP contribution in [-0.2, 0) is 23.7 Å². The van der Waals surface area contributed by atoms with E-state index in [2.05, 4.69) is 18.7 Å². The molecule has 2 saturated carbocycles. The number of nitrogens with zero attached hydrogens (tertiary/aromatic N) is 1. The lowest BCUT2D eigenvalue weighted by molar-refractivity contribution is -0.147. The molecule has 2 aliphatic carbocycles. The van der Waals surface area contributed by atoms with Crippen LogP contribution in [0.5, 0.6) is 0 Å². The van der Waals surface area contributed by atoms with Gasteiger partial charge in [-0.15, -0.1) is 0 Å². The molecule has 4 aliphatic rings. The first kappa shape index (κ1) is 18.7. The average Bonchev–Trinajstić information content (AvgIpc) is 3.28. The molecule has 0 aromatic carbocycles. The molecule has 4 rings (SSSR count). The van der Waals surface area contributed by atoms with E-state index < -0.39 is 0 Å². The molecule has 0 radical (unpaired) electrons. The number of ether oxygens (including phenoxy) is 4. The molecule has 4 fully saturated rings. The summed E-state index contributed by atoms with van der Waals surface area (Å²) < 4.78 is 22.9. The Bertz CT molecular complexity index is 566. The Morgan fingerprint density at radius 3 is 2.77 bits per heavy atom. The van der Waals surface area contributed by atoms with Crippen molar-refractivity contribution >= 4 is 5.97 Å². The van der Waals surface area contributed by atoms with Gasteiger partial charge in [0.1, 0.15) is 11.7 Å². The Kier molecular flexibility index (Phi) is 4.62. The van der Waals surface area contributed by atoms with Gasteiger partial charge < -0.3 is 23.8 Å². The number of methoxy groups -OCH3 is 2. The Morgan fingerprint density at radius 2 is 2.08 bits per heavy atom. The highest BCUT2D eigenvalue weighted by atomic mass is 16.7. The van der Waals surface area contributed by atoms with Gasteiger partial charge in [-0.2, -0.15) is 0 Å². The third-order valence-electron chi connectivity index (χ3n) is 7.69. The minimum Gasteiger partial charge on any atom is -0.462 e. The van der Waals surface area contributed by atoms with Gasteiger partial charge in [0.05, 0.1) is 12.0 Å². The second-order valence-corrected chi connectivity index (χ2v) is 9.17. The van der Waals surface area contributed by atoms with Crippen LogP contribution in [0.3, 0.4) is 0 Å². The maximum Gasteiger partial charge on any atom is 0.311 e. The predicted molar refractivity (Wildman–Crippen MR) is 95.5 cm³/mol. The van der Waals surface area contributed by atoms with Crippen LogP contribution in [-0.4, -0.2) is 69.3 Å². The van der Waals surface area contributed by atoms with Crippen molar-refractivity contribution in [1.82, 2.24) is 4.90 Å². The highest BCUT2D eigenvalue weighted by Gasteiger charge is 2.78. The molecule has 0 N–H and O–H groups in total. The van der Waals surface area contributed by atoms with Gasteiger partial charge in [-0.3, -0.25) is 4.79 Å². The van der Waals surface area contributed by atoms with Crippen molar-refractivity contribution in [1.29, 1.82) is 0 Å². The molecule has 0 unspecified atom stereocenters. The summed E-state index contributed by atoms with van der Waals surface area (Å²) in [5, 5.41) is 0. The fourth-order valence-electron chi connectivity index (χ4n) is 6.35. The molecule has 1 spiro atoms. The van der Waals surface area contributed by atoms with Crippen LogP contribution in [0, 0.1) is 23.2 Å². The first-order chi connectivity index (χ1) is 12.4. The lowest BCUT2D eigenvalue weighted by Crippen LogP contribution is -2.54. The normalized spacial score (nSPS) is 46.7. The molecule has 2 saturated heterocycles. The zero-order valence-corrected chi connectivity index (χ0v) is 16.7. The zero-order chi connectivity index (χ0) is 18.7. The van der Waals surface area contributed by atoms with Crippen molar-refractivity contribution in [3.63, 3.8) is 0 Å². The fraction of sp³-hybridized carbons (Fsp3) is 0.950. The van der Waals surface area contributed by atoms with Gasteiger partial charge in [0, 0.05) is 38.6 Å². The molecular weight excluding hydrogens is 334 g/mol. The van der Waals surface area contributed by atoms with Gasteiger partial charge in [-0.05, 0) is 32.2 Å². The van der Waals surface area contributed by atoms with Crippen molar-refractivity contribution in [2.24, 2.45) is 23.2 Å². The minimum atomic E-state index is -0.287. The van der Waals surface area contributed by atoms with Crippen molar-refractivity contribution in [2.75, 3.05) is 34.4 Å². The Labute approximate surface area is 156 Å². The molecule has 2 heterocycles. The smallest absolute Gasteiger partial charge is 0.311 e. The summed E-state index contributed by atoms with van der Waals surface area (Å²) in [5.41, 5.74) is 0.119. The van der Waals surface area contributed by atoms with Crippen molar-refractivity contribution < 1.29 is 23.7 Å². The van der Waals surface area contributed by atoms with Crippen LogP contribution in [0.4, 0.5) is 0 Å². The van der Waals surface area contributed by atoms with Crippen LogP contribution in [0.2, 0.25) is 0 Å². The number of hydrogen-bond acceptors (Lipinski definition) is 6. The van der Waals surface area contributed by atoms with E-state index in [0.29, 0.717) is 19.0 Å². The lowest BCUT2D eigenvalue weighted by atomic mass is 9.53. The van der Waals surface area contributed by atoms with Crippen LogP contribution in [0.1, 0.15) is 39.5 Å². The topological polar surface area (TPSA) is 60.5 Å². The van der Waals surface area contributed by atoms with E-state index in [1.807, 2.05) is 7.05 Å². The first-order valence-electron chi connectivity index (χ1n) is 9.98. The van der Waals surface area contributed by atoms with Crippen molar-refractivity contribution in [3.8, 4) is 0 Å². The monoisotopic (exact) mass is 367 g/mol. The number of likely N-dealkylation sites (N-methyl/N-ethyl adjacent to an activating group) is 1. The number of fused-ring (bicyclic) bond motifs is 2. The molecular formula is C20H33NO5. The van der Waals surface area contributed by atoms with E-state index in [9.17, 15) is 4.79 Å². The average molecular weight is 367 g/mol. The molecule has 148 valence electrons. The quantitative estimate of drug-likeness (QED) is 0.407. The second kappa shape index (κ2) is 6.43. The number of esters is 1. The van der Waals surface area contributed by atoms with E-state index in [0.717, 1.165) is 6.42 Å². The Hall–Kier alpha value is -0.690. The van der Waals surface area contributed by atoms with Gasteiger partial charge in [-0.25, -0.2) is 0 Å². The highest BCUT2D eigenvalue weighted by molar-refractivity contribution is 5.76. The summed E-state index contributed by atoms with van der Waals surface area (Å²) in [4.78, 5) is 14.8. The number of hydrogen-bond donors (Lipinski definition) is 0. The molecule has 0 bridgehead atoms. The summed E-state index contributed by atoms with van der Waals surface area (Å²) in [6.07, 6.45) is 4.51. The summed E-state index contributed by atoms with van der Waals surface area (Å²) in [5.74, 6) is 0.566. The molecule has 0 amide bonds. The standard InChI is InChI=1S/C20H33NO5/c1-12-7-6-8-19(2)9-14-16(17-20(12,19)26-17)13(18(22)25-14)10-21(3)11-15(23-4)24-5/h12-17H,6-11H2,1-5H3/t12-,13-,14+,16+,17-,19+,20-/m0/s1. The molecule has 6 nitrogen and oxygen atoms in total. The number of rotatable bonds is 6. The van der Waals surface area contributed by atoms with Crippen molar-refractivity contribution in [3.05, 3.63) is 0 Å². The largest absolute Gasteiger partial charge is 0.462 e. The highest BCUT2D eigenvalue weighted by Crippen LogP contribution is 2.70. The van der Waals surface area contributed by atoms with E-state index in [-0.39, 0.29) is 47.3 Å². The van der Waals surface area contributed by atoms with E-state index in [4.69, 9.17) is 18.9 Å². The zero-order valence-electron chi connectivity index (χ0n) is 16.7. The summed E-state index contributed by atoms with van der Waals surface area (Å²) in [7, 11) is 5.28.